The van der Waals surface area contributed by atoms with Gasteiger partial charge in [0.25, 0.3) is 0 Å². The Morgan fingerprint density at radius 1 is 1.18 bits per heavy atom. The Kier molecular flexibility index (Phi) is 6.24. The SMILES string of the molecule is C=CC(=O)N1CC2(CCN(c3nc(OCC4CCCN4C)nc(-c4cccc5ccccc45)c3C#N)C2)C1. The van der Waals surface area contributed by atoms with Gasteiger partial charge < -0.3 is 19.4 Å². The zero-order valence-corrected chi connectivity index (χ0v) is 21.8. The highest BCUT2D eigenvalue weighted by Crippen LogP contribution is 2.43. The van der Waals surface area contributed by atoms with Crippen LogP contribution in [0.25, 0.3) is 22.0 Å². The van der Waals surface area contributed by atoms with Crippen molar-refractivity contribution >= 4 is 22.5 Å². The van der Waals surface area contributed by atoms with Crippen LogP contribution in [0.1, 0.15) is 24.8 Å². The maximum Gasteiger partial charge on any atom is 0.319 e. The van der Waals surface area contributed by atoms with Gasteiger partial charge in [0, 0.05) is 43.2 Å². The second kappa shape index (κ2) is 9.73. The lowest BCUT2D eigenvalue weighted by Gasteiger charge is -2.47. The van der Waals surface area contributed by atoms with Crippen molar-refractivity contribution in [1.82, 2.24) is 19.8 Å². The molecule has 194 valence electrons. The van der Waals surface area contributed by atoms with E-state index in [4.69, 9.17) is 14.7 Å². The molecule has 0 radical (unpaired) electrons. The van der Waals surface area contributed by atoms with Crippen LogP contribution in [0.15, 0.2) is 55.1 Å². The van der Waals surface area contributed by atoms with Crippen LogP contribution in [0.2, 0.25) is 0 Å². The van der Waals surface area contributed by atoms with Crippen LogP contribution >= 0.6 is 0 Å². The highest BCUT2D eigenvalue weighted by atomic mass is 16.5. The third-order valence-electron chi connectivity index (χ3n) is 8.38. The lowest BCUT2D eigenvalue weighted by Crippen LogP contribution is -2.59. The molecule has 4 heterocycles. The van der Waals surface area contributed by atoms with E-state index < -0.39 is 0 Å². The summed E-state index contributed by atoms with van der Waals surface area (Å²) in [5, 5.41) is 12.5. The van der Waals surface area contributed by atoms with Crippen LogP contribution in [0, 0.1) is 16.7 Å². The Labute approximate surface area is 223 Å². The zero-order valence-electron chi connectivity index (χ0n) is 21.8. The van der Waals surface area contributed by atoms with Gasteiger partial charge in [-0.3, -0.25) is 4.79 Å². The Morgan fingerprint density at radius 2 is 2.00 bits per heavy atom. The minimum atomic E-state index is -0.0281. The van der Waals surface area contributed by atoms with Gasteiger partial charge in [0.1, 0.15) is 18.2 Å². The van der Waals surface area contributed by atoms with Gasteiger partial charge in [-0.25, -0.2) is 0 Å². The van der Waals surface area contributed by atoms with Crippen molar-refractivity contribution in [3.8, 4) is 23.3 Å². The van der Waals surface area contributed by atoms with Gasteiger partial charge in [0.2, 0.25) is 5.91 Å². The lowest BCUT2D eigenvalue weighted by molar-refractivity contribution is -0.136. The summed E-state index contributed by atoms with van der Waals surface area (Å²) in [7, 11) is 2.12. The fraction of sp³-hybridized carbons (Fsp3) is 0.400. The van der Waals surface area contributed by atoms with Crippen LogP contribution in [0.3, 0.4) is 0 Å². The molecule has 38 heavy (non-hydrogen) atoms. The number of amides is 1. The highest BCUT2D eigenvalue weighted by molar-refractivity contribution is 5.97. The van der Waals surface area contributed by atoms with Crippen LogP contribution < -0.4 is 9.64 Å². The predicted octanol–water partition coefficient (Wildman–Crippen LogP) is 3.87. The molecule has 3 aliphatic heterocycles. The van der Waals surface area contributed by atoms with Gasteiger partial charge in [-0.2, -0.15) is 15.2 Å². The van der Waals surface area contributed by atoms with E-state index in [0.717, 1.165) is 55.2 Å². The highest BCUT2D eigenvalue weighted by Gasteiger charge is 2.49. The molecule has 1 amide bonds. The Morgan fingerprint density at radius 3 is 2.76 bits per heavy atom. The molecule has 3 aromatic rings. The number of anilines is 1. The van der Waals surface area contributed by atoms with Crippen molar-refractivity contribution in [2.45, 2.75) is 25.3 Å². The first-order valence-corrected chi connectivity index (χ1v) is 13.3. The Hall–Kier alpha value is -3.96. The van der Waals surface area contributed by atoms with Crippen LogP contribution in [-0.4, -0.2) is 78.1 Å². The van der Waals surface area contributed by atoms with Crippen molar-refractivity contribution in [2.75, 3.05) is 51.3 Å². The number of benzene rings is 2. The molecule has 0 saturated carbocycles. The van der Waals surface area contributed by atoms with E-state index in [9.17, 15) is 10.1 Å². The number of likely N-dealkylation sites (tertiary alicyclic amines) is 2. The monoisotopic (exact) mass is 508 g/mol. The van der Waals surface area contributed by atoms with E-state index in [1.807, 2.05) is 29.2 Å². The number of nitrogens with zero attached hydrogens (tertiary/aromatic N) is 6. The first kappa shape index (κ1) is 24.4. The maximum absolute atomic E-state index is 12.1. The Bertz CT molecular complexity index is 1440. The fourth-order valence-electron chi connectivity index (χ4n) is 6.24. The van der Waals surface area contributed by atoms with Gasteiger partial charge in [-0.05, 0) is 49.7 Å². The summed E-state index contributed by atoms with van der Waals surface area (Å²) in [5.74, 6) is 0.588. The number of aromatic nitrogens is 2. The molecule has 3 aliphatic rings. The third kappa shape index (κ3) is 4.27. The standard InChI is InChI=1S/C30H32N6O2/c1-3-26(37)36-19-30(20-36)13-15-35(18-30)28-25(16-31)27(24-12-6-9-21-8-4-5-11-23(21)24)32-29(33-28)38-17-22-10-7-14-34(22)2/h3-6,8-9,11-12,22H,1,7,10,13-15,17-20H2,2H3. The van der Waals surface area contributed by atoms with Crippen LogP contribution in [-0.2, 0) is 4.79 Å². The number of nitriles is 1. The van der Waals surface area contributed by atoms with Gasteiger partial charge >= 0.3 is 6.01 Å². The van der Waals surface area contributed by atoms with Gasteiger partial charge in [-0.15, -0.1) is 0 Å². The first-order chi connectivity index (χ1) is 18.5. The molecule has 2 aromatic carbocycles. The minimum Gasteiger partial charge on any atom is -0.462 e. The lowest BCUT2D eigenvalue weighted by atomic mass is 9.79. The summed E-state index contributed by atoms with van der Waals surface area (Å²) in [6.07, 6.45) is 4.56. The summed E-state index contributed by atoms with van der Waals surface area (Å²) < 4.78 is 6.23. The summed E-state index contributed by atoms with van der Waals surface area (Å²) in [4.78, 5) is 28.0. The number of rotatable bonds is 6. The van der Waals surface area contributed by atoms with E-state index in [1.54, 1.807) is 0 Å². The van der Waals surface area contributed by atoms with Crippen molar-refractivity contribution in [2.24, 2.45) is 5.41 Å². The number of carbonyl (C=O) groups is 1. The molecule has 3 saturated heterocycles. The van der Waals surface area contributed by atoms with E-state index >= 15 is 0 Å². The van der Waals surface area contributed by atoms with E-state index in [2.05, 4.69) is 47.7 Å². The van der Waals surface area contributed by atoms with Crippen LogP contribution in [0.4, 0.5) is 5.82 Å². The van der Waals surface area contributed by atoms with Gasteiger partial charge in [0.05, 0.1) is 5.69 Å². The molecular weight excluding hydrogens is 476 g/mol. The van der Waals surface area contributed by atoms with E-state index in [-0.39, 0.29) is 11.3 Å². The normalized spacial score (nSPS) is 20.5. The van der Waals surface area contributed by atoms with Crippen molar-refractivity contribution < 1.29 is 9.53 Å². The van der Waals surface area contributed by atoms with Gasteiger partial charge in [0.15, 0.2) is 5.82 Å². The Balaban J connectivity index is 1.38. The van der Waals surface area contributed by atoms with Crippen molar-refractivity contribution in [1.29, 1.82) is 5.26 Å². The third-order valence-corrected chi connectivity index (χ3v) is 8.38. The molecule has 0 bridgehead atoms. The van der Waals surface area contributed by atoms with Crippen molar-refractivity contribution in [3.63, 3.8) is 0 Å². The molecular formula is C30H32N6O2. The number of hydrogen-bond donors (Lipinski definition) is 0. The van der Waals surface area contributed by atoms with Crippen LogP contribution in [0.5, 0.6) is 6.01 Å². The topological polar surface area (TPSA) is 85.6 Å². The summed E-state index contributed by atoms with van der Waals surface area (Å²) in [6.45, 7) is 8.10. The fourth-order valence-corrected chi connectivity index (χ4v) is 6.24. The summed E-state index contributed by atoms with van der Waals surface area (Å²) >= 11 is 0. The van der Waals surface area contributed by atoms with Crippen molar-refractivity contribution in [3.05, 3.63) is 60.7 Å². The molecule has 1 spiro atoms. The smallest absolute Gasteiger partial charge is 0.319 e. The number of fused-ring (bicyclic) bond motifs is 1. The number of likely N-dealkylation sites (N-methyl/N-ethyl adjacent to an activating group) is 1. The molecule has 0 aliphatic carbocycles. The average molecular weight is 509 g/mol. The summed E-state index contributed by atoms with van der Waals surface area (Å²) in [5.41, 5.74) is 1.97. The molecule has 1 unspecified atom stereocenters. The van der Waals surface area contributed by atoms with E-state index in [1.165, 1.54) is 6.08 Å². The second-order valence-corrected chi connectivity index (χ2v) is 10.8. The molecule has 1 aromatic heterocycles. The summed E-state index contributed by atoms with van der Waals surface area (Å²) in [6, 6.07) is 17.3. The van der Waals surface area contributed by atoms with E-state index in [0.29, 0.717) is 48.8 Å². The first-order valence-electron chi connectivity index (χ1n) is 13.3. The maximum atomic E-state index is 12.1. The average Bonchev–Trinajstić information content (AvgIpc) is 3.56. The number of ether oxygens (including phenoxy) is 1. The second-order valence-electron chi connectivity index (χ2n) is 10.8. The predicted molar refractivity (Wildman–Crippen MR) is 147 cm³/mol. The molecule has 0 N–H and O–H groups in total. The largest absolute Gasteiger partial charge is 0.462 e. The zero-order chi connectivity index (χ0) is 26.3. The quantitative estimate of drug-likeness (QED) is 0.467. The molecule has 8 heteroatoms. The molecule has 6 rings (SSSR count). The number of carbonyl (C=O) groups excluding carboxylic acids is 1. The number of hydrogen-bond acceptors (Lipinski definition) is 7. The molecule has 3 fully saturated rings. The molecule has 1 atom stereocenters. The van der Waals surface area contributed by atoms with Gasteiger partial charge in [-0.1, -0.05) is 49.0 Å². The molecule has 8 nitrogen and oxygen atoms in total. The minimum absolute atomic E-state index is 0.0174.